The van der Waals surface area contributed by atoms with Gasteiger partial charge in [0.05, 0.1) is 11.4 Å². The largest absolute Gasteiger partial charge is 0.395 e. The van der Waals surface area contributed by atoms with Crippen LogP contribution in [0.5, 0.6) is 0 Å². The van der Waals surface area contributed by atoms with Crippen molar-refractivity contribution in [3.63, 3.8) is 0 Å². The quantitative estimate of drug-likeness (QED) is 0.891. The van der Waals surface area contributed by atoms with Gasteiger partial charge in [-0.05, 0) is 26.2 Å². The van der Waals surface area contributed by atoms with Gasteiger partial charge in [0, 0.05) is 11.8 Å². The van der Waals surface area contributed by atoms with Crippen LogP contribution in [0, 0.1) is 6.92 Å². The first kappa shape index (κ1) is 12.8. The SMILES string of the molecule is CCCn1nc(C)c(N)c1SC1CCCCC1. The number of nitrogens with two attached hydrogens (primary N) is 1. The molecule has 1 aromatic heterocycles. The maximum atomic E-state index is 6.15. The van der Waals surface area contributed by atoms with Crippen LogP contribution in [0.25, 0.3) is 0 Å². The van der Waals surface area contributed by atoms with Crippen LogP contribution in [0.2, 0.25) is 0 Å². The number of anilines is 1. The van der Waals surface area contributed by atoms with E-state index in [9.17, 15) is 0 Å². The monoisotopic (exact) mass is 253 g/mol. The van der Waals surface area contributed by atoms with Gasteiger partial charge in [-0.1, -0.05) is 26.2 Å². The van der Waals surface area contributed by atoms with Crippen LogP contribution in [0.3, 0.4) is 0 Å². The minimum Gasteiger partial charge on any atom is -0.395 e. The highest BCUT2D eigenvalue weighted by Gasteiger charge is 2.20. The molecule has 1 aliphatic carbocycles. The maximum absolute atomic E-state index is 6.15. The van der Waals surface area contributed by atoms with Crippen LogP contribution < -0.4 is 5.73 Å². The minimum atomic E-state index is 0.748. The molecule has 1 saturated carbocycles. The van der Waals surface area contributed by atoms with E-state index >= 15 is 0 Å². The first-order valence-electron chi connectivity index (χ1n) is 6.72. The van der Waals surface area contributed by atoms with Gasteiger partial charge >= 0.3 is 0 Å². The molecule has 0 bridgehead atoms. The number of hydrogen-bond donors (Lipinski definition) is 1. The summed E-state index contributed by atoms with van der Waals surface area (Å²) in [5.41, 5.74) is 8.03. The van der Waals surface area contributed by atoms with E-state index in [1.54, 1.807) is 0 Å². The Kier molecular flexibility index (Phi) is 4.37. The van der Waals surface area contributed by atoms with Crippen molar-refractivity contribution in [2.75, 3.05) is 5.73 Å². The van der Waals surface area contributed by atoms with Gasteiger partial charge in [0.25, 0.3) is 0 Å². The van der Waals surface area contributed by atoms with Crippen molar-refractivity contribution in [3.05, 3.63) is 5.69 Å². The first-order valence-corrected chi connectivity index (χ1v) is 7.60. The van der Waals surface area contributed by atoms with Crippen LogP contribution in [-0.4, -0.2) is 15.0 Å². The van der Waals surface area contributed by atoms with Gasteiger partial charge in [-0.25, -0.2) is 0 Å². The molecule has 0 radical (unpaired) electrons. The molecule has 2 rings (SSSR count). The smallest absolute Gasteiger partial charge is 0.118 e. The predicted molar refractivity (Wildman–Crippen MR) is 74.4 cm³/mol. The topological polar surface area (TPSA) is 43.8 Å². The molecule has 1 fully saturated rings. The molecule has 2 N–H and O–H groups in total. The molecular weight excluding hydrogens is 230 g/mol. The highest BCUT2D eigenvalue weighted by Crippen LogP contribution is 2.37. The molecule has 96 valence electrons. The number of nitrogens with zero attached hydrogens (tertiary/aromatic N) is 2. The van der Waals surface area contributed by atoms with E-state index in [1.165, 1.54) is 37.1 Å². The van der Waals surface area contributed by atoms with E-state index < -0.39 is 0 Å². The summed E-state index contributed by atoms with van der Waals surface area (Å²) in [5.74, 6) is 0. The summed E-state index contributed by atoms with van der Waals surface area (Å²) in [6, 6.07) is 0. The lowest BCUT2D eigenvalue weighted by molar-refractivity contribution is 0.511. The zero-order chi connectivity index (χ0) is 12.3. The Morgan fingerprint density at radius 1 is 1.35 bits per heavy atom. The van der Waals surface area contributed by atoms with Crippen molar-refractivity contribution >= 4 is 17.4 Å². The second-order valence-electron chi connectivity index (χ2n) is 4.91. The summed E-state index contributed by atoms with van der Waals surface area (Å²) in [6.07, 6.45) is 7.93. The third-order valence-electron chi connectivity index (χ3n) is 3.39. The standard InChI is InChI=1S/C13H23N3S/c1-3-9-16-13(12(14)10(2)15-16)17-11-7-5-4-6-8-11/h11H,3-9,14H2,1-2H3. The van der Waals surface area contributed by atoms with E-state index in [2.05, 4.69) is 16.7 Å². The van der Waals surface area contributed by atoms with E-state index in [0.29, 0.717) is 0 Å². The molecule has 17 heavy (non-hydrogen) atoms. The number of aryl methyl sites for hydroxylation is 2. The van der Waals surface area contributed by atoms with Crippen LogP contribution >= 0.6 is 11.8 Å². The van der Waals surface area contributed by atoms with Crippen LogP contribution in [0.15, 0.2) is 5.03 Å². The second-order valence-corrected chi connectivity index (χ2v) is 6.19. The summed E-state index contributed by atoms with van der Waals surface area (Å²) in [7, 11) is 0. The average molecular weight is 253 g/mol. The highest BCUT2D eigenvalue weighted by atomic mass is 32.2. The Labute approximate surface area is 108 Å². The Hall–Kier alpha value is -0.640. The fraction of sp³-hybridized carbons (Fsp3) is 0.769. The predicted octanol–water partition coefficient (Wildman–Crippen LogP) is 3.61. The Morgan fingerprint density at radius 2 is 2.06 bits per heavy atom. The van der Waals surface area contributed by atoms with Crippen molar-refractivity contribution < 1.29 is 0 Å². The van der Waals surface area contributed by atoms with Crippen molar-refractivity contribution in [2.45, 2.75) is 69.2 Å². The molecule has 0 unspecified atom stereocenters. The van der Waals surface area contributed by atoms with Gasteiger partial charge in [0.2, 0.25) is 0 Å². The molecule has 0 atom stereocenters. The Bertz CT molecular complexity index is 367. The lowest BCUT2D eigenvalue weighted by atomic mass is 10.0. The maximum Gasteiger partial charge on any atom is 0.118 e. The Balaban J connectivity index is 2.12. The zero-order valence-corrected chi connectivity index (χ0v) is 11.7. The molecule has 0 aromatic carbocycles. The summed E-state index contributed by atoms with van der Waals surface area (Å²) < 4.78 is 2.10. The second kappa shape index (κ2) is 5.80. The Morgan fingerprint density at radius 3 is 2.71 bits per heavy atom. The molecule has 1 aliphatic rings. The first-order chi connectivity index (χ1) is 8.22. The third-order valence-corrected chi connectivity index (χ3v) is 4.85. The zero-order valence-electron chi connectivity index (χ0n) is 10.9. The number of aromatic nitrogens is 2. The van der Waals surface area contributed by atoms with Gasteiger partial charge in [0.15, 0.2) is 0 Å². The van der Waals surface area contributed by atoms with Crippen LogP contribution in [0.4, 0.5) is 5.69 Å². The fourth-order valence-corrected chi connectivity index (χ4v) is 3.82. The van der Waals surface area contributed by atoms with Gasteiger partial charge < -0.3 is 5.73 Å². The van der Waals surface area contributed by atoms with E-state index in [0.717, 1.165) is 29.6 Å². The van der Waals surface area contributed by atoms with E-state index in [4.69, 9.17) is 5.73 Å². The van der Waals surface area contributed by atoms with Crippen LogP contribution in [-0.2, 0) is 6.54 Å². The van der Waals surface area contributed by atoms with Gasteiger partial charge in [-0.3, -0.25) is 4.68 Å². The van der Waals surface area contributed by atoms with E-state index in [1.807, 2.05) is 18.7 Å². The molecule has 0 saturated heterocycles. The van der Waals surface area contributed by atoms with Crippen molar-refractivity contribution in [2.24, 2.45) is 0 Å². The molecule has 4 heteroatoms. The summed E-state index contributed by atoms with van der Waals surface area (Å²) >= 11 is 1.95. The molecule has 3 nitrogen and oxygen atoms in total. The molecule has 0 amide bonds. The summed E-state index contributed by atoms with van der Waals surface area (Å²) in [4.78, 5) is 0. The third kappa shape index (κ3) is 2.97. The molecule has 0 spiro atoms. The normalized spacial score (nSPS) is 17.5. The van der Waals surface area contributed by atoms with Crippen molar-refractivity contribution in [1.82, 2.24) is 9.78 Å². The van der Waals surface area contributed by atoms with Crippen molar-refractivity contribution in [1.29, 1.82) is 0 Å². The minimum absolute atomic E-state index is 0.748. The van der Waals surface area contributed by atoms with Gasteiger partial charge in [0.1, 0.15) is 5.03 Å². The number of hydrogen-bond acceptors (Lipinski definition) is 3. The van der Waals surface area contributed by atoms with Crippen LogP contribution in [0.1, 0.15) is 51.1 Å². The molecule has 1 aromatic rings. The molecular formula is C13H23N3S. The highest BCUT2D eigenvalue weighted by molar-refractivity contribution is 8.00. The number of nitrogen functional groups attached to an aromatic ring is 1. The van der Waals surface area contributed by atoms with Crippen molar-refractivity contribution in [3.8, 4) is 0 Å². The summed E-state index contributed by atoms with van der Waals surface area (Å²) in [6.45, 7) is 5.17. The average Bonchev–Trinajstić information content (AvgIpc) is 2.59. The fourth-order valence-electron chi connectivity index (χ4n) is 2.40. The molecule has 1 heterocycles. The lowest BCUT2D eigenvalue weighted by Gasteiger charge is -2.21. The van der Waals surface area contributed by atoms with Gasteiger partial charge in [-0.2, -0.15) is 5.10 Å². The molecule has 0 aliphatic heterocycles. The summed E-state index contributed by atoms with van der Waals surface area (Å²) in [5, 5.41) is 6.49. The lowest BCUT2D eigenvalue weighted by Crippen LogP contribution is -2.10. The number of thioether (sulfide) groups is 1. The van der Waals surface area contributed by atoms with E-state index in [-0.39, 0.29) is 0 Å². The number of rotatable bonds is 4. The van der Waals surface area contributed by atoms with Gasteiger partial charge in [-0.15, -0.1) is 11.8 Å².